The molecule has 0 spiro atoms. The lowest BCUT2D eigenvalue weighted by molar-refractivity contribution is -0.148. The van der Waals surface area contributed by atoms with Crippen molar-refractivity contribution in [1.29, 1.82) is 0 Å². The predicted octanol–water partition coefficient (Wildman–Crippen LogP) is 3.96. The minimum absolute atomic E-state index is 0.0143. The van der Waals surface area contributed by atoms with Crippen LogP contribution >= 0.6 is 0 Å². The molecule has 0 unspecified atom stereocenters. The molecule has 0 saturated carbocycles. The highest BCUT2D eigenvalue weighted by Gasteiger charge is 2.31. The first kappa shape index (κ1) is 27.4. The smallest absolute Gasteiger partial charge is 0.407 e. The molecule has 0 bridgehead atoms. The summed E-state index contributed by atoms with van der Waals surface area (Å²) >= 11 is 0. The third-order valence-electron chi connectivity index (χ3n) is 6.58. The number of alkyl carbamates (subject to hydrolysis) is 1. The number of likely N-dealkylation sites (N-methyl/N-ethyl adjacent to an activating group) is 1. The molecule has 9 nitrogen and oxygen atoms in total. The molecule has 0 aromatic heterocycles. The quantitative estimate of drug-likeness (QED) is 0.360. The van der Waals surface area contributed by atoms with Gasteiger partial charge in [0, 0.05) is 19.5 Å². The first-order valence-electron chi connectivity index (χ1n) is 12.6. The van der Waals surface area contributed by atoms with Gasteiger partial charge in [0.15, 0.2) is 0 Å². The number of nitrogens with zero attached hydrogens (tertiary/aromatic N) is 1. The molecule has 3 aromatic carbocycles. The van der Waals surface area contributed by atoms with E-state index in [-0.39, 0.29) is 32.1 Å². The Hall–Kier alpha value is -4.66. The maximum Gasteiger partial charge on any atom is 0.407 e. The lowest BCUT2D eigenvalue weighted by Gasteiger charge is -2.24. The molecular weight excluding hydrogens is 500 g/mol. The van der Waals surface area contributed by atoms with Gasteiger partial charge in [0.25, 0.3) is 0 Å². The maximum atomic E-state index is 13.0. The fraction of sp³-hybridized carbons (Fsp3) is 0.267. The van der Waals surface area contributed by atoms with Crippen LogP contribution in [-0.2, 0) is 30.5 Å². The van der Waals surface area contributed by atoms with E-state index >= 15 is 0 Å². The Morgan fingerprint density at radius 3 is 2.08 bits per heavy atom. The minimum atomic E-state index is -1.29. The van der Waals surface area contributed by atoms with Crippen LogP contribution in [0.2, 0.25) is 0 Å². The first-order valence-corrected chi connectivity index (χ1v) is 12.6. The standard InChI is InChI=1S/C30H30N2O7/c1-32(16-15-27(33)34)29(36)26(17-28(35)38-18-20-9-3-2-4-10-20)31-30(37)39-19-25-23-13-7-5-11-21(23)22-12-6-8-14-24(22)25/h2-14,25-26H,15-19H2,1H3,(H,31,37)(H,33,34)/t26-/m0/s1. The molecule has 1 atom stereocenters. The number of carboxylic acids is 1. The Morgan fingerprint density at radius 1 is 0.872 bits per heavy atom. The highest BCUT2D eigenvalue weighted by molar-refractivity contribution is 5.89. The van der Waals surface area contributed by atoms with Gasteiger partial charge in [-0.15, -0.1) is 0 Å². The summed E-state index contributed by atoms with van der Waals surface area (Å²) < 4.78 is 10.8. The number of hydrogen-bond acceptors (Lipinski definition) is 6. The Morgan fingerprint density at radius 2 is 1.46 bits per heavy atom. The van der Waals surface area contributed by atoms with Crippen molar-refractivity contribution >= 4 is 23.9 Å². The lowest BCUT2D eigenvalue weighted by atomic mass is 9.98. The molecular formula is C30H30N2O7. The molecule has 202 valence electrons. The number of nitrogens with one attached hydrogen (secondary N) is 1. The molecule has 0 radical (unpaired) electrons. The maximum absolute atomic E-state index is 13.0. The number of rotatable bonds is 11. The van der Waals surface area contributed by atoms with Crippen molar-refractivity contribution in [3.05, 3.63) is 95.6 Å². The van der Waals surface area contributed by atoms with E-state index in [1.54, 1.807) is 12.1 Å². The second-order valence-corrected chi connectivity index (χ2v) is 9.28. The molecule has 2 amide bonds. The first-order chi connectivity index (χ1) is 18.8. The Bertz CT molecular complexity index is 1300. The molecule has 1 aliphatic carbocycles. The summed E-state index contributed by atoms with van der Waals surface area (Å²) in [7, 11) is 1.41. The second kappa shape index (κ2) is 12.7. The lowest BCUT2D eigenvalue weighted by Crippen LogP contribution is -2.49. The predicted molar refractivity (Wildman–Crippen MR) is 143 cm³/mol. The van der Waals surface area contributed by atoms with Crippen LogP contribution in [0.4, 0.5) is 4.79 Å². The van der Waals surface area contributed by atoms with Gasteiger partial charge in [0.05, 0.1) is 12.8 Å². The molecule has 2 N–H and O–H groups in total. The summed E-state index contributed by atoms with van der Waals surface area (Å²) in [6, 6.07) is 23.6. The van der Waals surface area contributed by atoms with E-state index < -0.39 is 36.4 Å². The van der Waals surface area contributed by atoms with E-state index in [1.165, 1.54) is 7.05 Å². The number of fused-ring (bicyclic) bond motifs is 3. The van der Waals surface area contributed by atoms with Gasteiger partial charge >= 0.3 is 18.0 Å². The van der Waals surface area contributed by atoms with Gasteiger partial charge in [-0.3, -0.25) is 14.4 Å². The number of benzene rings is 3. The number of esters is 1. The van der Waals surface area contributed by atoms with Crippen molar-refractivity contribution in [2.45, 2.75) is 31.4 Å². The molecule has 0 saturated heterocycles. The van der Waals surface area contributed by atoms with E-state index in [4.69, 9.17) is 14.6 Å². The van der Waals surface area contributed by atoms with Gasteiger partial charge in [-0.2, -0.15) is 0 Å². The molecule has 0 aliphatic heterocycles. The van der Waals surface area contributed by atoms with Crippen molar-refractivity contribution in [2.24, 2.45) is 0 Å². The van der Waals surface area contributed by atoms with E-state index in [2.05, 4.69) is 5.32 Å². The second-order valence-electron chi connectivity index (χ2n) is 9.28. The Labute approximate surface area is 226 Å². The van der Waals surface area contributed by atoms with E-state index in [1.807, 2.05) is 66.7 Å². The molecule has 9 heteroatoms. The normalized spacial score (nSPS) is 12.5. The van der Waals surface area contributed by atoms with Crippen LogP contribution in [0.15, 0.2) is 78.9 Å². The zero-order valence-electron chi connectivity index (χ0n) is 21.5. The van der Waals surface area contributed by atoms with Crippen molar-refractivity contribution in [1.82, 2.24) is 10.2 Å². The Balaban J connectivity index is 1.41. The average molecular weight is 531 g/mol. The summed E-state index contributed by atoms with van der Waals surface area (Å²) in [4.78, 5) is 50.6. The summed E-state index contributed by atoms with van der Waals surface area (Å²) in [6.45, 7) is -0.0371. The molecule has 3 aromatic rings. The molecule has 1 aliphatic rings. The minimum Gasteiger partial charge on any atom is -0.481 e. The van der Waals surface area contributed by atoms with Crippen LogP contribution in [-0.4, -0.2) is 60.2 Å². The van der Waals surface area contributed by atoms with Gasteiger partial charge in [0.2, 0.25) is 5.91 Å². The largest absolute Gasteiger partial charge is 0.481 e. The van der Waals surface area contributed by atoms with Gasteiger partial charge in [0.1, 0.15) is 19.3 Å². The van der Waals surface area contributed by atoms with Gasteiger partial charge in [-0.1, -0.05) is 78.9 Å². The fourth-order valence-corrected chi connectivity index (χ4v) is 4.59. The number of ether oxygens (including phenoxy) is 2. The van der Waals surface area contributed by atoms with Crippen LogP contribution in [0, 0.1) is 0 Å². The summed E-state index contributed by atoms with van der Waals surface area (Å²) in [6.07, 6.45) is -1.58. The molecule has 0 heterocycles. The van der Waals surface area contributed by atoms with Crippen molar-refractivity contribution in [2.75, 3.05) is 20.2 Å². The molecule has 39 heavy (non-hydrogen) atoms. The zero-order valence-corrected chi connectivity index (χ0v) is 21.5. The number of carboxylic acid groups (broad SMARTS) is 1. The van der Waals surface area contributed by atoms with E-state index in [0.29, 0.717) is 0 Å². The molecule has 0 fully saturated rings. The number of amides is 2. The number of aliphatic carboxylic acids is 1. The molecule has 4 rings (SSSR count). The number of carbonyl (C=O) groups is 4. The van der Waals surface area contributed by atoms with Crippen molar-refractivity contribution in [3.63, 3.8) is 0 Å². The monoisotopic (exact) mass is 530 g/mol. The van der Waals surface area contributed by atoms with Crippen LogP contribution in [0.1, 0.15) is 35.4 Å². The van der Waals surface area contributed by atoms with Crippen LogP contribution in [0.3, 0.4) is 0 Å². The average Bonchev–Trinajstić information content (AvgIpc) is 3.27. The van der Waals surface area contributed by atoms with Crippen molar-refractivity contribution in [3.8, 4) is 11.1 Å². The fourth-order valence-electron chi connectivity index (χ4n) is 4.59. The third kappa shape index (κ3) is 7.01. The van der Waals surface area contributed by atoms with Gasteiger partial charge < -0.3 is 24.8 Å². The van der Waals surface area contributed by atoms with Crippen LogP contribution in [0.25, 0.3) is 11.1 Å². The van der Waals surface area contributed by atoms with E-state index in [9.17, 15) is 19.2 Å². The summed E-state index contributed by atoms with van der Waals surface area (Å²) in [5.41, 5.74) is 5.01. The highest BCUT2D eigenvalue weighted by Crippen LogP contribution is 2.44. The van der Waals surface area contributed by atoms with Gasteiger partial charge in [-0.25, -0.2) is 4.79 Å². The topological polar surface area (TPSA) is 122 Å². The summed E-state index contributed by atoms with van der Waals surface area (Å²) in [5, 5.41) is 11.4. The van der Waals surface area contributed by atoms with Gasteiger partial charge in [-0.05, 0) is 27.8 Å². The summed E-state index contributed by atoms with van der Waals surface area (Å²) in [5.74, 6) is -2.56. The number of hydrogen-bond donors (Lipinski definition) is 2. The number of carbonyl (C=O) groups excluding carboxylic acids is 3. The SMILES string of the molecule is CN(CCC(=O)O)C(=O)[C@H](CC(=O)OCc1ccccc1)NC(=O)OCC1c2ccccc2-c2ccccc21. The highest BCUT2D eigenvalue weighted by atomic mass is 16.5. The van der Waals surface area contributed by atoms with E-state index in [0.717, 1.165) is 32.7 Å². The third-order valence-corrected chi connectivity index (χ3v) is 6.58. The zero-order chi connectivity index (χ0) is 27.8. The van der Waals surface area contributed by atoms with Crippen LogP contribution in [0.5, 0.6) is 0 Å². The van der Waals surface area contributed by atoms with Crippen LogP contribution < -0.4 is 5.32 Å². The Kier molecular flexibility index (Phi) is 8.94. The van der Waals surface area contributed by atoms with Crippen molar-refractivity contribution < 1.29 is 33.8 Å².